The molecule has 0 bridgehead atoms. The first-order valence-electron chi connectivity index (χ1n) is 8.58. The van der Waals surface area contributed by atoms with E-state index >= 15 is 0 Å². The van der Waals surface area contributed by atoms with Crippen molar-refractivity contribution >= 4 is 11.9 Å². The summed E-state index contributed by atoms with van der Waals surface area (Å²) in [7, 11) is 0. The van der Waals surface area contributed by atoms with E-state index in [4.69, 9.17) is 0 Å². The molecule has 4 heteroatoms. The zero-order valence-electron chi connectivity index (χ0n) is 13.3. The predicted octanol–water partition coefficient (Wildman–Crippen LogP) is 3.45. The number of carbonyl (C=O) groups excluding carboxylic acids is 1. The molecule has 2 aliphatic rings. The molecule has 1 aliphatic carbocycles. The lowest BCUT2D eigenvalue weighted by atomic mass is 9.76. The number of carboxylic acids is 1. The number of aliphatic carboxylic acids is 1. The predicted molar refractivity (Wildman–Crippen MR) is 82.0 cm³/mol. The minimum Gasteiger partial charge on any atom is -0.481 e. The van der Waals surface area contributed by atoms with Crippen LogP contribution in [-0.4, -0.2) is 35.0 Å². The van der Waals surface area contributed by atoms with Crippen LogP contribution in [0.15, 0.2) is 0 Å². The van der Waals surface area contributed by atoms with Gasteiger partial charge in [0.25, 0.3) is 0 Å². The van der Waals surface area contributed by atoms with Crippen LogP contribution in [-0.2, 0) is 9.59 Å². The molecule has 120 valence electrons. The van der Waals surface area contributed by atoms with E-state index in [9.17, 15) is 14.7 Å². The topological polar surface area (TPSA) is 57.6 Å². The van der Waals surface area contributed by atoms with Crippen LogP contribution in [0.1, 0.15) is 71.1 Å². The monoisotopic (exact) mass is 295 g/mol. The second-order valence-corrected chi connectivity index (χ2v) is 6.86. The lowest BCUT2D eigenvalue weighted by Gasteiger charge is -2.38. The highest BCUT2D eigenvalue weighted by atomic mass is 16.4. The molecule has 21 heavy (non-hydrogen) atoms. The van der Waals surface area contributed by atoms with Gasteiger partial charge in [-0.1, -0.05) is 39.0 Å². The summed E-state index contributed by atoms with van der Waals surface area (Å²) in [6, 6.07) is 0. The summed E-state index contributed by atoms with van der Waals surface area (Å²) in [5.74, 6) is 0.274. The Morgan fingerprint density at radius 1 is 1.14 bits per heavy atom. The molecule has 0 unspecified atom stereocenters. The fraction of sp³-hybridized carbons (Fsp3) is 0.882. The Labute approximate surface area is 127 Å². The average Bonchev–Trinajstić information content (AvgIpc) is 2.53. The number of nitrogens with zero attached hydrogens (tertiary/aromatic N) is 1. The molecule has 0 spiro atoms. The van der Waals surface area contributed by atoms with Gasteiger partial charge in [-0.25, -0.2) is 0 Å². The van der Waals surface area contributed by atoms with Gasteiger partial charge in [0.15, 0.2) is 0 Å². The molecule has 1 amide bonds. The first-order chi connectivity index (χ1) is 10.1. The van der Waals surface area contributed by atoms with Crippen LogP contribution < -0.4 is 0 Å². The molecule has 1 saturated heterocycles. The van der Waals surface area contributed by atoms with Crippen molar-refractivity contribution in [2.24, 2.45) is 11.3 Å². The molecular formula is C17H29NO3. The third kappa shape index (κ3) is 3.98. The van der Waals surface area contributed by atoms with Gasteiger partial charge in [0, 0.05) is 19.5 Å². The molecule has 0 radical (unpaired) electrons. The Balaban J connectivity index is 1.76. The number of likely N-dealkylation sites (tertiary alicyclic amines) is 1. The van der Waals surface area contributed by atoms with Crippen molar-refractivity contribution in [3.8, 4) is 0 Å². The largest absolute Gasteiger partial charge is 0.481 e. The van der Waals surface area contributed by atoms with E-state index in [0.717, 1.165) is 12.3 Å². The molecule has 2 rings (SSSR count). The Kier molecular flexibility index (Phi) is 5.65. The van der Waals surface area contributed by atoms with E-state index in [1.54, 1.807) is 0 Å². The zero-order chi connectivity index (χ0) is 15.3. The first kappa shape index (κ1) is 16.3. The quantitative estimate of drug-likeness (QED) is 0.845. The van der Waals surface area contributed by atoms with Crippen molar-refractivity contribution in [2.75, 3.05) is 13.1 Å². The van der Waals surface area contributed by atoms with Crippen molar-refractivity contribution in [3.05, 3.63) is 0 Å². The number of carbonyl (C=O) groups is 2. The number of hydrogen-bond donors (Lipinski definition) is 1. The second-order valence-electron chi connectivity index (χ2n) is 6.86. The molecule has 1 saturated carbocycles. The highest BCUT2D eigenvalue weighted by Crippen LogP contribution is 2.35. The highest BCUT2D eigenvalue weighted by Gasteiger charge is 2.40. The van der Waals surface area contributed by atoms with Crippen molar-refractivity contribution in [2.45, 2.75) is 71.1 Å². The fourth-order valence-electron chi connectivity index (χ4n) is 3.86. The van der Waals surface area contributed by atoms with Crippen LogP contribution in [0.5, 0.6) is 0 Å². The van der Waals surface area contributed by atoms with Crippen molar-refractivity contribution in [3.63, 3.8) is 0 Å². The Hall–Kier alpha value is -1.06. The van der Waals surface area contributed by atoms with Crippen LogP contribution in [0, 0.1) is 11.3 Å². The van der Waals surface area contributed by atoms with Gasteiger partial charge in [-0.15, -0.1) is 0 Å². The zero-order valence-corrected chi connectivity index (χ0v) is 13.3. The number of rotatable bonds is 5. The molecule has 0 aromatic heterocycles. The maximum atomic E-state index is 12.3. The van der Waals surface area contributed by atoms with Gasteiger partial charge in [0.05, 0.1) is 5.41 Å². The SMILES string of the molecule is CCC1(C(=O)O)CCN(C(=O)CCC2CCCCC2)CC1. The maximum Gasteiger partial charge on any atom is 0.309 e. The minimum atomic E-state index is -0.695. The normalized spacial score (nSPS) is 23.0. The minimum absolute atomic E-state index is 0.232. The van der Waals surface area contributed by atoms with Crippen molar-refractivity contribution in [1.29, 1.82) is 0 Å². The Morgan fingerprint density at radius 3 is 2.29 bits per heavy atom. The van der Waals surface area contributed by atoms with Gasteiger partial charge < -0.3 is 10.0 Å². The van der Waals surface area contributed by atoms with E-state index in [1.807, 2.05) is 11.8 Å². The Morgan fingerprint density at radius 2 is 1.76 bits per heavy atom. The summed E-state index contributed by atoms with van der Waals surface area (Å²) in [6.07, 6.45) is 10.1. The number of amides is 1. The molecule has 1 aliphatic heterocycles. The maximum absolute atomic E-state index is 12.3. The average molecular weight is 295 g/mol. The second kappa shape index (κ2) is 7.28. The lowest BCUT2D eigenvalue weighted by Crippen LogP contribution is -2.46. The number of piperidine rings is 1. The molecule has 2 fully saturated rings. The van der Waals surface area contributed by atoms with E-state index in [1.165, 1.54) is 32.1 Å². The van der Waals surface area contributed by atoms with E-state index < -0.39 is 11.4 Å². The van der Waals surface area contributed by atoms with Crippen LogP contribution in [0.2, 0.25) is 0 Å². The molecule has 1 heterocycles. The molecule has 0 aromatic carbocycles. The summed E-state index contributed by atoms with van der Waals surface area (Å²) in [4.78, 5) is 25.6. The molecule has 1 N–H and O–H groups in total. The summed E-state index contributed by atoms with van der Waals surface area (Å²) in [5.41, 5.74) is -0.597. The van der Waals surface area contributed by atoms with Crippen molar-refractivity contribution in [1.82, 2.24) is 4.90 Å². The molecule has 0 aromatic rings. The number of carboxylic acid groups (broad SMARTS) is 1. The first-order valence-corrected chi connectivity index (χ1v) is 8.58. The third-order valence-electron chi connectivity index (χ3n) is 5.69. The van der Waals surface area contributed by atoms with E-state index in [-0.39, 0.29) is 5.91 Å². The fourth-order valence-corrected chi connectivity index (χ4v) is 3.86. The number of hydrogen-bond acceptors (Lipinski definition) is 2. The highest BCUT2D eigenvalue weighted by molar-refractivity contribution is 5.78. The van der Waals surface area contributed by atoms with Gasteiger partial charge in [-0.2, -0.15) is 0 Å². The van der Waals surface area contributed by atoms with Crippen LogP contribution in [0.3, 0.4) is 0 Å². The third-order valence-corrected chi connectivity index (χ3v) is 5.69. The molecular weight excluding hydrogens is 266 g/mol. The molecule has 4 nitrogen and oxygen atoms in total. The summed E-state index contributed by atoms with van der Waals surface area (Å²) in [6.45, 7) is 3.17. The lowest BCUT2D eigenvalue weighted by molar-refractivity contribution is -0.154. The van der Waals surface area contributed by atoms with Gasteiger partial charge in [-0.05, 0) is 31.6 Å². The van der Waals surface area contributed by atoms with Gasteiger partial charge >= 0.3 is 5.97 Å². The van der Waals surface area contributed by atoms with Gasteiger partial charge in [-0.3, -0.25) is 9.59 Å². The van der Waals surface area contributed by atoms with E-state index in [2.05, 4.69) is 0 Å². The van der Waals surface area contributed by atoms with Gasteiger partial charge in [0.2, 0.25) is 5.91 Å². The summed E-state index contributed by atoms with van der Waals surface area (Å²) in [5, 5.41) is 9.38. The Bertz CT molecular complexity index is 366. The standard InChI is InChI=1S/C17H29NO3/c1-2-17(16(20)21)10-12-18(13-11-17)15(19)9-8-14-6-4-3-5-7-14/h14H,2-13H2,1H3,(H,20,21). The van der Waals surface area contributed by atoms with Crippen LogP contribution in [0.4, 0.5) is 0 Å². The van der Waals surface area contributed by atoms with E-state index in [0.29, 0.717) is 38.8 Å². The van der Waals surface area contributed by atoms with Crippen LogP contribution >= 0.6 is 0 Å². The van der Waals surface area contributed by atoms with Crippen LogP contribution in [0.25, 0.3) is 0 Å². The van der Waals surface area contributed by atoms with Crippen molar-refractivity contribution < 1.29 is 14.7 Å². The summed E-state index contributed by atoms with van der Waals surface area (Å²) >= 11 is 0. The van der Waals surface area contributed by atoms with Gasteiger partial charge in [0.1, 0.15) is 0 Å². The summed E-state index contributed by atoms with van der Waals surface area (Å²) < 4.78 is 0. The molecule has 0 atom stereocenters. The smallest absolute Gasteiger partial charge is 0.309 e.